The van der Waals surface area contributed by atoms with Gasteiger partial charge in [0.1, 0.15) is 29.2 Å². The number of piperazine rings is 2. The number of imidazole rings is 1. The average molecular weight is 1040 g/mol. The van der Waals surface area contributed by atoms with Gasteiger partial charge in [0.05, 0.1) is 52.0 Å². The molecule has 4 amide bonds. The summed E-state index contributed by atoms with van der Waals surface area (Å²) < 4.78 is 20.9. The Morgan fingerprint density at radius 2 is 1.42 bits per heavy atom. The van der Waals surface area contributed by atoms with Gasteiger partial charge in [0.2, 0.25) is 5.91 Å². The van der Waals surface area contributed by atoms with Gasteiger partial charge in [-0.15, -0.1) is 0 Å². The molecule has 8 rings (SSSR count). The summed E-state index contributed by atoms with van der Waals surface area (Å²) in [5, 5.41) is 7.22. The molecule has 71 heavy (non-hydrogen) atoms. The highest BCUT2D eigenvalue weighted by atomic mass is 32.2. The smallest absolute Gasteiger partial charge is 0.277 e. The Bertz CT molecular complexity index is 2940. The fraction of sp³-hybridized carbons (Fsp3) is 0.306. The SMILES string of the molecule is C=CC(=O)N1CCN(C(=O)c2cc(Sc3sc(Nc4ccccn4)nc3C=CC(OC)N3CCN(C(=O)c4cc(Sc5cnc(NC(=O)c6cn(C)cn6)s5)c(C)cc4OC)CC3)c(C)cc2OC)CC1. The third-order valence-electron chi connectivity index (χ3n) is 11.7. The second-order valence-corrected chi connectivity index (χ2v) is 21.1. The molecule has 370 valence electrons. The van der Waals surface area contributed by atoms with Crippen LogP contribution in [0.3, 0.4) is 0 Å². The topological polar surface area (TPSA) is 189 Å². The van der Waals surface area contributed by atoms with Crippen molar-refractivity contribution in [3.05, 3.63) is 120 Å². The first kappa shape index (κ1) is 50.8. The summed E-state index contributed by atoms with van der Waals surface area (Å²) in [6.07, 6.45) is 11.4. The number of thiazole rings is 2. The Morgan fingerprint density at radius 3 is 2.00 bits per heavy atom. The second-order valence-electron chi connectivity index (χ2n) is 16.4. The van der Waals surface area contributed by atoms with Crippen molar-refractivity contribution in [3.63, 3.8) is 0 Å². The van der Waals surface area contributed by atoms with Gasteiger partial charge in [-0.05, 0) is 79.6 Å². The molecule has 1 unspecified atom stereocenters. The maximum Gasteiger partial charge on any atom is 0.277 e. The molecule has 2 N–H and O–H groups in total. The molecular formula is C49H53N11O7S4. The Hall–Kier alpha value is -6.56. The number of amides is 4. The van der Waals surface area contributed by atoms with Crippen molar-refractivity contribution in [2.45, 2.75) is 38.3 Å². The van der Waals surface area contributed by atoms with E-state index in [-0.39, 0.29) is 23.6 Å². The number of rotatable bonds is 17. The van der Waals surface area contributed by atoms with Crippen molar-refractivity contribution in [2.24, 2.45) is 7.05 Å². The number of methoxy groups -OCH3 is 3. The minimum Gasteiger partial charge on any atom is -0.496 e. The van der Waals surface area contributed by atoms with Gasteiger partial charge in [0.25, 0.3) is 17.7 Å². The highest BCUT2D eigenvalue weighted by molar-refractivity contribution is 8.01. The van der Waals surface area contributed by atoms with Crippen molar-refractivity contribution in [1.82, 2.24) is 44.1 Å². The lowest BCUT2D eigenvalue weighted by atomic mass is 10.1. The first-order valence-electron chi connectivity index (χ1n) is 22.5. The number of aromatic nitrogens is 5. The van der Waals surface area contributed by atoms with Gasteiger partial charge in [-0.2, -0.15) is 0 Å². The largest absolute Gasteiger partial charge is 0.496 e. The second kappa shape index (κ2) is 23.1. The number of pyridine rings is 1. The van der Waals surface area contributed by atoms with E-state index in [0.29, 0.717) is 102 Å². The third-order valence-corrected chi connectivity index (χ3v) is 16.2. The quantitative estimate of drug-likeness (QED) is 0.0851. The lowest BCUT2D eigenvalue weighted by Crippen LogP contribution is -2.52. The van der Waals surface area contributed by atoms with Crippen LogP contribution in [0.2, 0.25) is 0 Å². The number of ether oxygens (including phenoxy) is 3. The van der Waals surface area contributed by atoms with Crippen LogP contribution in [-0.4, -0.2) is 148 Å². The molecule has 4 aromatic heterocycles. The first-order valence-corrected chi connectivity index (χ1v) is 25.7. The van der Waals surface area contributed by atoms with Crippen LogP contribution in [0, 0.1) is 13.8 Å². The van der Waals surface area contributed by atoms with Crippen molar-refractivity contribution in [3.8, 4) is 11.5 Å². The summed E-state index contributed by atoms with van der Waals surface area (Å²) in [6, 6.07) is 13.1. The number of aryl methyl sites for hydroxylation is 3. The number of benzene rings is 2. The summed E-state index contributed by atoms with van der Waals surface area (Å²) in [6.45, 7) is 11.2. The van der Waals surface area contributed by atoms with E-state index in [1.54, 1.807) is 67.7 Å². The molecule has 2 saturated heterocycles. The minimum atomic E-state index is -0.428. The van der Waals surface area contributed by atoms with E-state index in [9.17, 15) is 19.2 Å². The predicted octanol–water partition coefficient (Wildman–Crippen LogP) is 7.57. The molecule has 2 aliphatic rings. The van der Waals surface area contributed by atoms with Crippen molar-refractivity contribution < 1.29 is 33.4 Å². The van der Waals surface area contributed by atoms with E-state index in [1.165, 1.54) is 52.3 Å². The van der Waals surface area contributed by atoms with Crippen molar-refractivity contribution >= 4 is 92.0 Å². The lowest BCUT2D eigenvalue weighted by molar-refractivity contribution is -0.127. The molecule has 6 aromatic rings. The standard InChI is InChI=1S/C49H53N11O7S4/c1-8-41(61)57-15-19-59(20-16-57)46(64)33-26-39(31(3)24-37(33)66-6)69-47-34(53-49(71-47)54-40-11-9-10-14-50-40)12-13-42(67-7)58-17-21-60(22-18-58)45(63)32-25-38(30(2)23-36(32)65-5)68-43-27-51-48(70-43)55-44(62)35-28-56(4)29-52-35/h8-14,23-29,42H,1,15-22H2,2-7H3,(H,50,53,54)(H,51,55,62). The third kappa shape index (κ3) is 12.1. The summed E-state index contributed by atoms with van der Waals surface area (Å²) >= 11 is 5.77. The summed E-state index contributed by atoms with van der Waals surface area (Å²) in [5.74, 6) is 0.807. The van der Waals surface area contributed by atoms with Crippen LogP contribution in [0.5, 0.6) is 11.5 Å². The number of carbonyl (C=O) groups is 4. The van der Waals surface area contributed by atoms with Crippen LogP contribution < -0.4 is 20.1 Å². The molecule has 2 aliphatic heterocycles. The number of carbonyl (C=O) groups excluding carboxylic acids is 4. The highest BCUT2D eigenvalue weighted by Gasteiger charge is 2.30. The Balaban J connectivity index is 0.955. The molecule has 22 heteroatoms. The summed E-state index contributed by atoms with van der Waals surface area (Å²) in [4.78, 5) is 80.2. The highest BCUT2D eigenvalue weighted by Crippen LogP contribution is 2.42. The van der Waals surface area contributed by atoms with Crippen molar-refractivity contribution in [2.75, 3.05) is 84.3 Å². The molecule has 0 bridgehead atoms. The Morgan fingerprint density at radius 1 is 0.789 bits per heavy atom. The normalized spacial score (nSPS) is 14.6. The zero-order valence-electron chi connectivity index (χ0n) is 40.0. The van der Waals surface area contributed by atoms with Gasteiger partial charge < -0.3 is 38.8 Å². The molecule has 1 atom stereocenters. The summed E-state index contributed by atoms with van der Waals surface area (Å²) in [5.41, 5.74) is 3.74. The van der Waals surface area contributed by atoms with Gasteiger partial charge in [-0.1, -0.05) is 58.8 Å². The molecule has 6 heterocycles. The first-order chi connectivity index (χ1) is 34.3. The van der Waals surface area contributed by atoms with Crippen LogP contribution in [-0.2, 0) is 16.6 Å². The molecule has 0 aliphatic carbocycles. The number of hydrogen-bond donors (Lipinski definition) is 2. The van der Waals surface area contributed by atoms with Crippen LogP contribution in [0.25, 0.3) is 6.08 Å². The van der Waals surface area contributed by atoms with Gasteiger partial charge in [-0.3, -0.25) is 29.4 Å². The average Bonchev–Trinajstić information content (AvgIpc) is 4.14. The Kier molecular flexibility index (Phi) is 16.5. The van der Waals surface area contributed by atoms with Gasteiger partial charge in [0, 0.05) is 88.7 Å². The van der Waals surface area contributed by atoms with Gasteiger partial charge in [-0.25, -0.2) is 19.9 Å². The van der Waals surface area contributed by atoms with Crippen molar-refractivity contribution in [1.29, 1.82) is 0 Å². The minimum absolute atomic E-state index is 0.140. The molecule has 0 spiro atoms. The molecular weight excluding hydrogens is 983 g/mol. The molecule has 2 aromatic carbocycles. The van der Waals surface area contributed by atoms with E-state index in [2.05, 4.69) is 37.1 Å². The molecule has 0 saturated carbocycles. The molecule has 18 nitrogen and oxygen atoms in total. The fourth-order valence-corrected chi connectivity index (χ4v) is 12.0. The van der Waals surface area contributed by atoms with Crippen LogP contribution >= 0.6 is 46.2 Å². The molecule has 2 fully saturated rings. The zero-order chi connectivity index (χ0) is 50.2. The van der Waals surface area contributed by atoms with Crippen LogP contribution in [0.15, 0.2) is 104 Å². The number of nitrogens with zero attached hydrogens (tertiary/aromatic N) is 9. The number of nitrogens with one attached hydrogen (secondary N) is 2. The zero-order valence-corrected chi connectivity index (χ0v) is 43.3. The van der Waals surface area contributed by atoms with Crippen LogP contribution in [0.4, 0.5) is 16.1 Å². The monoisotopic (exact) mass is 1040 g/mol. The number of hydrogen-bond acceptors (Lipinski definition) is 17. The van der Waals surface area contributed by atoms with E-state index < -0.39 is 6.23 Å². The summed E-state index contributed by atoms with van der Waals surface area (Å²) in [7, 11) is 6.57. The Labute approximate surface area is 428 Å². The number of anilines is 3. The van der Waals surface area contributed by atoms with Crippen LogP contribution in [0.1, 0.15) is 48.0 Å². The lowest BCUT2D eigenvalue weighted by Gasteiger charge is -2.37. The van der Waals surface area contributed by atoms with Gasteiger partial charge >= 0.3 is 0 Å². The molecule has 0 radical (unpaired) electrons. The van der Waals surface area contributed by atoms with E-state index in [1.807, 2.05) is 73.4 Å². The maximum atomic E-state index is 14.2. The van der Waals surface area contributed by atoms with E-state index in [0.717, 1.165) is 29.3 Å². The van der Waals surface area contributed by atoms with E-state index in [4.69, 9.17) is 19.2 Å². The predicted molar refractivity (Wildman–Crippen MR) is 277 cm³/mol. The van der Waals surface area contributed by atoms with E-state index >= 15 is 0 Å². The van der Waals surface area contributed by atoms with Gasteiger partial charge in [0.15, 0.2) is 10.3 Å². The maximum absolute atomic E-state index is 14.2. The fourth-order valence-electron chi connectivity index (χ4n) is 7.88.